The Morgan fingerprint density at radius 2 is 1.54 bits per heavy atom. The van der Waals surface area contributed by atoms with E-state index < -0.39 is 0 Å². The Morgan fingerprint density at radius 3 is 2.38 bits per heavy atom. The number of benzene rings is 3. The van der Waals surface area contributed by atoms with E-state index in [4.69, 9.17) is 10.5 Å². The summed E-state index contributed by atoms with van der Waals surface area (Å²) >= 11 is 0. The second-order valence-corrected chi connectivity index (χ2v) is 5.88. The first-order valence-corrected chi connectivity index (χ1v) is 8.25. The summed E-state index contributed by atoms with van der Waals surface area (Å²) in [5.74, 6) is 0.904. The van der Waals surface area contributed by atoms with Crippen molar-refractivity contribution in [1.29, 1.82) is 0 Å². The number of hydrogen-bond acceptors (Lipinski definition) is 2. The Hall–Kier alpha value is -2.78. The van der Waals surface area contributed by atoms with Crippen LogP contribution in [0.15, 0.2) is 72.8 Å². The smallest absolute Gasteiger partial charge is 0.129 e. The van der Waals surface area contributed by atoms with E-state index in [2.05, 4.69) is 65.2 Å². The van der Waals surface area contributed by atoms with E-state index >= 15 is 0 Å². The molecule has 3 nitrogen and oxygen atoms in total. The lowest BCUT2D eigenvalue weighted by atomic mass is 10.1. The lowest BCUT2D eigenvalue weighted by Crippen LogP contribution is -2.10. The fourth-order valence-electron chi connectivity index (χ4n) is 3.29. The van der Waals surface area contributed by atoms with Crippen LogP contribution in [0.25, 0.3) is 21.8 Å². The second kappa shape index (κ2) is 6.38. The molecule has 0 saturated carbocycles. The highest BCUT2D eigenvalue weighted by Crippen LogP contribution is 2.36. The number of ether oxygens (including phenoxy) is 1. The van der Waals surface area contributed by atoms with Gasteiger partial charge in [-0.1, -0.05) is 54.6 Å². The zero-order valence-corrected chi connectivity index (χ0v) is 13.5. The summed E-state index contributed by atoms with van der Waals surface area (Å²) in [6.07, 6.45) is 0. The van der Waals surface area contributed by atoms with Crippen molar-refractivity contribution in [2.24, 2.45) is 5.73 Å². The highest BCUT2D eigenvalue weighted by molar-refractivity contribution is 6.11. The Balaban J connectivity index is 1.94. The first kappa shape index (κ1) is 14.8. The third kappa shape index (κ3) is 2.53. The monoisotopic (exact) mass is 316 g/mol. The maximum atomic E-state index is 5.90. The molecule has 24 heavy (non-hydrogen) atoms. The molecule has 0 aliphatic heterocycles. The third-order valence-electron chi connectivity index (χ3n) is 4.32. The van der Waals surface area contributed by atoms with Gasteiger partial charge < -0.3 is 15.0 Å². The summed E-state index contributed by atoms with van der Waals surface area (Å²) in [4.78, 5) is 0. The molecule has 0 aliphatic rings. The minimum Gasteiger partial charge on any atom is -0.492 e. The Morgan fingerprint density at radius 1 is 0.792 bits per heavy atom. The van der Waals surface area contributed by atoms with Gasteiger partial charge in [0, 0.05) is 29.4 Å². The molecule has 0 saturated heterocycles. The van der Waals surface area contributed by atoms with Gasteiger partial charge >= 0.3 is 0 Å². The van der Waals surface area contributed by atoms with Crippen LogP contribution in [0, 0.1) is 0 Å². The first-order chi connectivity index (χ1) is 11.9. The maximum Gasteiger partial charge on any atom is 0.129 e. The van der Waals surface area contributed by atoms with Crippen molar-refractivity contribution in [3.8, 4) is 5.75 Å². The van der Waals surface area contributed by atoms with Gasteiger partial charge in [0.1, 0.15) is 12.4 Å². The van der Waals surface area contributed by atoms with Gasteiger partial charge in [0.25, 0.3) is 0 Å². The van der Waals surface area contributed by atoms with Crippen molar-refractivity contribution in [2.75, 3.05) is 13.2 Å². The minimum absolute atomic E-state index is 0.513. The van der Waals surface area contributed by atoms with Crippen LogP contribution in [-0.2, 0) is 6.54 Å². The largest absolute Gasteiger partial charge is 0.492 e. The molecular formula is C21H20N2O. The van der Waals surface area contributed by atoms with Crippen LogP contribution in [0.1, 0.15) is 5.56 Å². The molecule has 0 amide bonds. The van der Waals surface area contributed by atoms with E-state index in [0.717, 1.165) is 17.7 Å². The van der Waals surface area contributed by atoms with Crippen LogP contribution in [-0.4, -0.2) is 17.7 Å². The first-order valence-electron chi connectivity index (χ1n) is 8.25. The van der Waals surface area contributed by atoms with Gasteiger partial charge in [-0.15, -0.1) is 0 Å². The van der Waals surface area contributed by atoms with Crippen molar-refractivity contribution in [2.45, 2.75) is 6.54 Å². The number of aromatic nitrogens is 1. The molecule has 1 heterocycles. The molecular weight excluding hydrogens is 296 g/mol. The topological polar surface area (TPSA) is 40.2 Å². The summed E-state index contributed by atoms with van der Waals surface area (Å²) in [5.41, 5.74) is 9.31. The highest BCUT2D eigenvalue weighted by atomic mass is 16.5. The average Bonchev–Trinajstić information content (AvgIpc) is 2.96. The zero-order valence-electron chi connectivity index (χ0n) is 13.5. The predicted octanol–water partition coefficient (Wildman–Crippen LogP) is 4.18. The number of para-hydroxylation sites is 1. The van der Waals surface area contributed by atoms with E-state index in [0.29, 0.717) is 13.2 Å². The normalized spacial score (nSPS) is 11.2. The van der Waals surface area contributed by atoms with E-state index in [1.54, 1.807) is 0 Å². The van der Waals surface area contributed by atoms with Gasteiger partial charge in [-0.05, 0) is 23.8 Å². The fourth-order valence-corrected chi connectivity index (χ4v) is 3.29. The standard InChI is InChI=1S/C21H20N2O/c22-13-14-24-20-12-6-11-19-21(20)17-9-4-5-10-18(17)23(19)15-16-7-2-1-3-8-16/h1-12H,13-15,22H2. The van der Waals surface area contributed by atoms with Crippen molar-refractivity contribution >= 4 is 21.8 Å². The summed E-state index contributed by atoms with van der Waals surface area (Å²) < 4.78 is 8.26. The molecule has 0 spiro atoms. The molecule has 0 fully saturated rings. The quantitative estimate of drug-likeness (QED) is 0.600. The maximum absolute atomic E-state index is 5.90. The molecule has 3 heteroatoms. The van der Waals surface area contributed by atoms with Crippen LogP contribution >= 0.6 is 0 Å². The Bertz CT molecular complexity index is 973. The van der Waals surface area contributed by atoms with Crippen molar-refractivity contribution in [3.05, 3.63) is 78.4 Å². The third-order valence-corrected chi connectivity index (χ3v) is 4.32. The molecule has 3 aromatic carbocycles. The molecule has 0 bridgehead atoms. The van der Waals surface area contributed by atoms with Gasteiger partial charge in [0.2, 0.25) is 0 Å². The summed E-state index contributed by atoms with van der Waals surface area (Å²) in [5, 5.41) is 2.38. The molecule has 0 atom stereocenters. The SMILES string of the molecule is NCCOc1cccc2c1c1ccccc1n2Cc1ccccc1. The second-order valence-electron chi connectivity index (χ2n) is 5.88. The number of nitrogens with two attached hydrogens (primary N) is 1. The van der Waals surface area contributed by atoms with Gasteiger partial charge in [0.05, 0.1) is 5.52 Å². The fraction of sp³-hybridized carbons (Fsp3) is 0.143. The van der Waals surface area contributed by atoms with Crippen LogP contribution in [0.2, 0.25) is 0 Å². The van der Waals surface area contributed by atoms with E-state index in [-0.39, 0.29) is 0 Å². The molecule has 4 aromatic rings. The number of hydrogen-bond donors (Lipinski definition) is 1. The number of nitrogens with zero attached hydrogens (tertiary/aromatic N) is 1. The van der Waals surface area contributed by atoms with Crippen LogP contribution in [0.5, 0.6) is 5.75 Å². The van der Waals surface area contributed by atoms with Gasteiger partial charge in [-0.2, -0.15) is 0 Å². The summed E-state index contributed by atoms with van der Waals surface area (Å²) in [6.45, 7) is 1.88. The lowest BCUT2D eigenvalue weighted by Gasteiger charge is -2.09. The summed E-state index contributed by atoms with van der Waals surface area (Å²) in [6, 6.07) is 25.3. The van der Waals surface area contributed by atoms with Crippen LogP contribution < -0.4 is 10.5 Å². The van der Waals surface area contributed by atoms with Crippen molar-refractivity contribution in [1.82, 2.24) is 4.57 Å². The molecule has 0 aliphatic carbocycles. The van der Waals surface area contributed by atoms with Gasteiger partial charge in [0.15, 0.2) is 0 Å². The Labute approximate surface area is 141 Å². The molecule has 120 valence electrons. The number of fused-ring (bicyclic) bond motifs is 3. The van der Waals surface area contributed by atoms with E-state index in [1.165, 1.54) is 22.0 Å². The van der Waals surface area contributed by atoms with Crippen molar-refractivity contribution in [3.63, 3.8) is 0 Å². The molecule has 0 radical (unpaired) electrons. The molecule has 1 aromatic heterocycles. The van der Waals surface area contributed by atoms with Crippen molar-refractivity contribution < 1.29 is 4.74 Å². The van der Waals surface area contributed by atoms with Gasteiger partial charge in [-0.3, -0.25) is 0 Å². The minimum atomic E-state index is 0.513. The predicted molar refractivity (Wildman–Crippen MR) is 99.5 cm³/mol. The molecule has 4 rings (SSSR count). The lowest BCUT2D eigenvalue weighted by molar-refractivity contribution is 0.332. The average molecular weight is 316 g/mol. The van der Waals surface area contributed by atoms with Crippen LogP contribution in [0.3, 0.4) is 0 Å². The number of rotatable bonds is 5. The zero-order chi connectivity index (χ0) is 16.4. The van der Waals surface area contributed by atoms with Crippen LogP contribution in [0.4, 0.5) is 0 Å². The molecule has 0 unspecified atom stereocenters. The molecule has 2 N–H and O–H groups in total. The van der Waals surface area contributed by atoms with E-state index in [9.17, 15) is 0 Å². The Kier molecular flexibility index (Phi) is 3.93. The highest BCUT2D eigenvalue weighted by Gasteiger charge is 2.14. The van der Waals surface area contributed by atoms with Gasteiger partial charge in [-0.25, -0.2) is 0 Å². The summed E-state index contributed by atoms with van der Waals surface area (Å²) in [7, 11) is 0. The van der Waals surface area contributed by atoms with E-state index in [1.807, 2.05) is 12.1 Å².